The largest absolute Gasteiger partial charge is 0.457 e. The summed E-state index contributed by atoms with van der Waals surface area (Å²) in [7, 11) is 0. The van der Waals surface area contributed by atoms with E-state index in [0.29, 0.717) is 5.92 Å². The first-order valence-electron chi connectivity index (χ1n) is 17.8. The van der Waals surface area contributed by atoms with Crippen molar-refractivity contribution in [1.29, 1.82) is 0 Å². The van der Waals surface area contributed by atoms with Crippen LogP contribution in [0.3, 0.4) is 0 Å². The molecule has 0 bridgehead atoms. The van der Waals surface area contributed by atoms with E-state index in [2.05, 4.69) is 163 Å². The van der Waals surface area contributed by atoms with Crippen molar-refractivity contribution in [1.82, 2.24) is 19.3 Å². The first-order valence-corrected chi connectivity index (χ1v) is 17.8. The standard InChI is InChI=1S/C45H48N4O/c1-11-32-18-19-46-42(22-32)48-40-15-13-12-14-38(40)39-17-16-36(26-41(39)48)50-37-24-33(27(2)3)23-35(25-37)49-31(7)44(30(6)47-49)43-28(4)20-34(21-29(43)5)45(8,9)10/h12-27H,11H2,1-10H3. The van der Waals surface area contributed by atoms with Crippen LogP contribution in [-0.2, 0) is 11.8 Å². The summed E-state index contributed by atoms with van der Waals surface area (Å²) in [5, 5.41) is 7.50. The minimum atomic E-state index is 0.0914. The van der Waals surface area contributed by atoms with Crippen molar-refractivity contribution in [3.05, 3.63) is 130 Å². The van der Waals surface area contributed by atoms with Crippen LogP contribution in [0.25, 0.3) is 44.4 Å². The van der Waals surface area contributed by atoms with Crippen LogP contribution in [0.5, 0.6) is 11.5 Å². The van der Waals surface area contributed by atoms with Crippen LogP contribution in [-0.4, -0.2) is 19.3 Å². The molecule has 0 spiro atoms. The van der Waals surface area contributed by atoms with Crippen LogP contribution < -0.4 is 4.74 Å². The van der Waals surface area contributed by atoms with E-state index in [-0.39, 0.29) is 5.41 Å². The molecule has 0 radical (unpaired) electrons. The fourth-order valence-corrected chi connectivity index (χ4v) is 7.37. The van der Waals surface area contributed by atoms with Crippen molar-refractivity contribution >= 4 is 21.8 Å². The summed E-state index contributed by atoms with van der Waals surface area (Å²) < 4.78 is 11.1. The molecule has 3 heterocycles. The lowest BCUT2D eigenvalue weighted by Gasteiger charge is -2.22. The molecule has 4 aromatic carbocycles. The summed E-state index contributed by atoms with van der Waals surface area (Å²) in [6.45, 7) is 22.2. The van der Waals surface area contributed by atoms with Crippen molar-refractivity contribution in [2.45, 2.75) is 87.0 Å². The molecule has 5 nitrogen and oxygen atoms in total. The molecule has 0 saturated carbocycles. The number of ether oxygens (including phenoxy) is 1. The van der Waals surface area contributed by atoms with Gasteiger partial charge in [0, 0.05) is 40.4 Å². The fourth-order valence-electron chi connectivity index (χ4n) is 7.37. The highest BCUT2D eigenvalue weighted by molar-refractivity contribution is 6.09. The Morgan fingerprint density at radius 1 is 0.740 bits per heavy atom. The number of aromatic nitrogens is 4. The Morgan fingerprint density at radius 3 is 2.16 bits per heavy atom. The molecule has 0 aliphatic heterocycles. The van der Waals surface area contributed by atoms with Crippen molar-refractivity contribution in [3.8, 4) is 34.1 Å². The minimum absolute atomic E-state index is 0.0914. The zero-order chi connectivity index (χ0) is 35.5. The van der Waals surface area contributed by atoms with Gasteiger partial charge in [-0.3, -0.25) is 4.57 Å². The van der Waals surface area contributed by atoms with E-state index in [4.69, 9.17) is 14.8 Å². The maximum atomic E-state index is 6.74. The third kappa shape index (κ3) is 5.89. The van der Waals surface area contributed by atoms with Crippen LogP contribution in [0.2, 0.25) is 0 Å². The molecule has 0 amide bonds. The van der Waals surface area contributed by atoms with Gasteiger partial charge in [0.25, 0.3) is 0 Å². The zero-order valence-electron chi connectivity index (χ0n) is 31.1. The fraction of sp³-hybridized carbons (Fsp3) is 0.289. The number of nitrogens with zero attached hydrogens (tertiary/aromatic N) is 4. The van der Waals surface area contributed by atoms with Gasteiger partial charge in [0.1, 0.15) is 17.3 Å². The smallest absolute Gasteiger partial charge is 0.137 e. The Morgan fingerprint density at radius 2 is 1.46 bits per heavy atom. The molecule has 0 N–H and O–H groups in total. The second kappa shape index (κ2) is 12.6. The number of pyridine rings is 1. The second-order valence-corrected chi connectivity index (χ2v) is 15.1. The normalized spacial score (nSPS) is 12.1. The average Bonchev–Trinajstić information content (AvgIpc) is 3.56. The van der Waals surface area contributed by atoms with E-state index in [1.54, 1.807) is 0 Å². The van der Waals surface area contributed by atoms with Gasteiger partial charge in [0.05, 0.1) is 22.4 Å². The van der Waals surface area contributed by atoms with Crippen LogP contribution in [0, 0.1) is 27.7 Å². The summed E-state index contributed by atoms with van der Waals surface area (Å²) in [6, 6.07) is 30.4. The molecule has 0 saturated heterocycles. The number of para-hydroxylation sites is 1. The lowest BCUT2D eigenvalue weighted by Crippen LogP contribution is -2.12. The van der Waals surface area contributed by atoms with Gasteiger partial charge in [0.15, 0.2) is 0 Å². The number of rotatable bonds is 7. The van der Waals surface area contributed by atoms with E-state index in [1.807, 2.05) is 6.20 Å². The third-order valence-corrected chi connectivity index (χ3v) is 10.1. The summed E-state index contributed by atoms with van der Waals surface area (Å²) >= 11 is 0. The summed E-state index contributed by atoms with van der Waals surface area (Å²) in [6.07, 6.45) is 2.86. The Kier molecular flexibility index (Phi) is 8.42. The number of hydrogen-bond donors (Lipinski definition) is 0. The monoisotopic (exact) mass is 660 g/mol. The molecule has 0 unspecified atom stereocenters. The lowest BCUT2D eigenvalue weighted by molar-refractivity contribution is 0.481. The zero-order valence-corrected chi connectivity index (χ0v) is 31.1. The molecule has 0 atom stereocenters. The Labute approximate surface area is 296 Å². The predicted molar refractivity (Wildman–Crippen MR) is 209 cm³/mol. The molecule has 5 heteroatoms. The van der Waals surface area contributed by atoms with Gasteiger partial charge in [-0.05, 0) is 121 Å². The quantitative estimate of drug-likeness (QED) is 0.171. The highest BCUT2D eigenvalue weighted by atomic mass is 16.5. The SMILES string of the molecule is CCc1ccnc(-n2c3ccccc3c3ccc(Oc4cc(C(C)C)cc(-n5nc(C)c(-c6c(C)cc(C(C)(C)C)cc6C)c5C)c4)cc32)c1. The second-order valence-electron chi connectivity index (χ2n) is 15.1. The molecule has 0 fully saturated rings. The molecule has 50 heavy (non-hydrogen) atoms. The van der Waals surface area contributed by atoms with Gasteiger partial charge in [-0.25, -0.2) is 9.67 Å². The van der Waals surface area contributed by atoms with E-state index >= 15 is 0 Å². The van der Waals surface area contributed by atoms with Crippen molar-refractivity contribution in [2.75, 3.05) is 0 Å². The number of fused-ring (bicyclic) bond motifs is 3. The van der Waals surface area contributed by atoms with Crippen LogP contribution in [0.4, 0.5) is 0 Å². The molecular formula is C45H48N4O. The highest BCUT2D eigenvalue weighted by Crippen LogP contribution is 2.39. The molecule has 7 aromatic rings. The van der Waals surface area contributed by atoms with Gasteiger partial charge in [-0.1, -0.05) is 71.9 Å². The van der Waals surface area contributed by atoms with Crippen LogP contribution in [0.1, 0.15) is 86.7 Å². The molecule has 7 rings (SSSR count). The maximum Gasteiger partial charge on any atom is 0.137 e. The first-order chi connectivity index (χ1) is 23.8. The molecule has 0 aliphatic carbocycles. The van der Waals surface area contributed by atoms with Gasteiger partial charge in [-0.2, -0.15) is 5.10 Å². The first kappa shape index (κ1) is 33.3. The maximum absolute atomic E-state index is 6.74. The van der Waals surface area contributed by atoms with Crippen molar-refractivity contribution in [3.63, 3.8) is 0 Å². The number of aryl methyl sites for hydroxylation is 4. The van der Waals surface area contributed by atoms with E-state index in [0.717, 1.165) is 51.8 Å². The van der Waals surface area contributed by atoms with E-state index in [1.165, 1.54) is 49.7 Å². The van der Waals surface area contributed by atoms with Gasteiger partial charge in [0.2, 0.25) is 0 Å². The van der Waals surface area contributed by atoms with Crippen molar-refractivity contribution < 1.29 is 4.74 Å². The molecule has 0 aliphatic rings. The average molecular weight is 661 g/mol. The number of hydrogen-bond acceptors (Lipinski definition) is 3. The van der Waals surface area contributed by atoms with Crippen molar-refractivity contribution in [2.24, 2.45) is 0 Å². The minimum Gasteiger partial charge on any atom is -0.457 e. The number of benzene rings is 4. The Hall–Kier alpha value is -5.16. The molecular weight excluding hydrogens is 613 g/mol. The summed E-state index contributed by atoms with van der Waals surface area (Å²) in [4.78, 5) is 4.80. The van der Waals surface area contributed by atoms with E-state index in [9.17, 15) is 0 Å². The Balaban J connectivity index is 1.32. The van der Waals surface area contributed by atoms with Gasteiger partial charge >= 0.3 is 0 Å². The lowest BCUT2D eigenvalue weighted by atomic mass is 9.82. The molecule has 254 valence electrons. The summed E-state index contributed by atoms with van der Waals surface area (Å²) in [5.41, 5.74) is 14.3. The summed E-state index contributed by atoms with van der Waals surface area (Å²) in [5.74, 6) is 2.79. The highest BCUT2D eigenvalue weighted by Gasteiger charge is 2.22. The van der Waals surface area contributed by atoms with E-state index < -0.39 is 0 Å². The van der Waals surface area contributed by atoms with Gasteiger partial charge < -0.3 is 4.74 Å². The van der Waals surface area contributed by atoms with Crippen LogP contribution in [0.15, 0.2) is 91.1 Å². The van der Waals surface area contributed by atoms with Crippen LogP contribution >= 0.6 is 0 Å². The third-order valence-electron chi connectivity index (χ3n) is 10.1. The predicted octanol–water partition coefficient (Wildman–Crippen LogP) is 12.0. The Bertz CT molecular complexity index is 2380. The topological polar surface area (TPSA) is 44.9 Å². The van der Waals surface area contributed by atoms with Gasteiger partial charge in [-0.15, -0.1) is 0 Å². The molecule has 3 aromatic heterocycles.